The summed E-state index contributed by atoms with van der Waals surface area (Å²) < 4.78 is 7.20. The smallest absolute Gasteiger partial charge is 0.212 e. The van der Waals surface area contributed by atoms with Crippen LogP contribution in [0.25, 0.3) is 11.2 Å². The molecule has 0 unspecified atom stereocenters. The third-order valence-electron chi connectivity index (χ3n) is 4.26. The summed E-state index contributed by atoms with van der Waals surface area (Å²) >= 11 is 8.03. The lowest BCUT2D eigenvalue weighted by Gasteiger charge is -2.08. The molecule has 0 aliphatic carbocycles. The van der Waals surface area contributed by atoms with Gasteiger partial charge in [-0.3, -0.25) is 4.40 Å². The summed E-state index contributed by atoms with van der Waals surface area (Å²) in [6.07, 6.45) is 10.4. The van der Waals surface area contributed by atoms with Crippen molar-refractivity contribution in [3.05, 3.63) is 70.1 Å². The number of aromatic nitrogens is 3. The Labute approximate surface area is 175 Å². The van der Waals surface area contributed by atoms with Crippen LogP contribution in [0, 0.1) is 6.92 Å². The van der Waals surface area contributed by atoms with Crippen molar-refractivity contribution in [3.8, 4) is 5.88 Å². The average Bonchev–Trinajstić information content (AvgIpc) is 3.03. The van der Waals surface area contributed by atoms with E-state index < -0.39 is 0 Å². The van der Waals surface area contributed by atoms with E-state index in [0.29, 0.717) is 10.9 Å². The molecular weight excluding hydrogens is 390 g/mol. The van der Waals surface area contributed by atoms with Crippen molar-refractivity contribution in [1.82, 2.24) is 14.4 Å². The number of hydrogen-bond acceptors (Lipinski definition) is 4. The summed E-state index contributed by atoms with van der Waals surface area (Å²) in [7, 11) is 1.62. The second kappa shape index (κ2) is 9.30. The number of aryl methyl sites for hydroxylation is 1. The normalized spacial score (nSPS) is 12.6. The van der Waals surface area contributed by atoms with Gasteiger partial charge in [-0.2, -0.15) is 0 Å². The standard InChI is InChI=1S/C22H24ClN3OS/c1-5-6-8-17(13-15(2)28-18-10-11-20(27-4)24-14-18)21-16(3)25-22-19(23)9-7-12-26(21)22/h7-14H,5-6H2,1-4H3/b15-13+,17-8+. The maximum Gasteiger partial charge on any atom is 0.212 e. The largest absolute Gasteiger partial charge is 0.481 e. The van der Waals surface area contributed by atoms with Crippen molar-refractivity contribution in [2.45, 2.75) is 38.5 Å². The lowest BCUT2D eigenvalue weighted by molar-refractivity contribution is 0.397. The lowest BCUT2D eigenvalue weighted by atomic mass is 10.1. The first-order chi connectivity index (χ1) is 13.5. The Bertz CT molecular complexity index is 1020. The Kier molecular flexibility index (Phi) is 6.81. The van der Waals surface area contributed by atoms with E-state index in [4.69, 9.17) is 16.3 Å². The minimum atomic E-state index is 0.618. The first-order valence-electron chi connectivity index (χ1n) is 9.23. The van der Waals surface area contributed by atoms with E-state index in [1.807, 2.05) is 43.6 Å². The van der Waals surface area contributed by atoms with Crippen LogP contribution in [-0.4, -0.2) is 21.5 Å². The molecule has 0 aromatic carbocycles. The summed E-state index contributed by atoms with van der Waals surface area (Å²) in [5.41, 5.74) is 3.99. The van der Waals surface area contributed by atoms with Crippen LogP contribution >= 0.6 is 23.4 Å². The van der Waals surface area contributed by atoms with Crippen molar-refractivity contribution in [2.75, 3.05) is 7.11 Å². The number of unbranched alkanes of at least 4 members (excludes halogenated alkanes) is 1. The van der Waals surface area contributed by atoms with Crippen LogP contribution in [0.1, 0.15) is 38.1 Å². The summed E-state index contributed by atoms with van der Waals surface area (Å²) in [6.45, 7) is 6.32. The van der Waals surface area contributed by atoms with Crippen LogP contribution in [-0.2, 0) is 0 Å². The molecule has 0 amide bonds. The number of rotatable bonds is 7. The molecule has 0 aliphatic heterocycles. The summed E-state index contributed by atoms with van der Waals surface area (Å²) in [5.74, 6) is 0.618. The minimum absolute atomic E-state index is 0.618. The van der Waals surface area contributed by atoms with Crippen LogP contribution in [0.2, 0.25) is 5.02 Å². The number of nitrogens with zero attached hydrogens (tertiary/aromatic N) is 3. The molecule has 0 atom stereocenters. The van der Waals surface area contributed by atoms with Gasteiger partial charge in [-0.25, -0.2) is 9.97 Å². The lowest BCUT2D eigenvalue weighted by Crippen LogP contribution is -1.93. The fourth-order valence-corrected chi connectivity index (χ4v) is 4.01. The van der Waals surface area contributed by atoms with E-state index in [1.54, 1.807) is 18.9 Å². The SMILES string of the molecule is CCC/C=C(\C=C(/C)Sc1ccc(OC)nc1)c1c(C)nc2c(Cl)cccn12. The molecule has 3 aromatic heterocycles. The zero-order chi connectivity index (χ0) is 20.1. The summed E-state index contributed by atoms with van der Waals surface area (Å²) in [5, 5.41) is 0.658. The van der Waals surface area contributed by atoms with Crippen molar-refractivity contribution in [3.63, 3.8) is 0 Å². The zero-order valence-electron chi connectivity index (χ0n) is 16.6. The highest BCUT2D eigenvalue weighted by Gasteiger charge is 2.14. The highest BCUT2D eigenvalue weighted by atomic mass is 35.5. The Morgan fingerprint density at radius 3 is 2.82 bits per heavy atom. The second-order valence-corrected chi connectivity index (χ2v) is 8.16. The molecule has 0 fully saturated rings. The number of pyridine rings is 2. The third kappa shape index (κ3) is 4.59. The van der Waals surface area contributed by atoms with E-state index in [9.17, 15) is 0 Å². The van der Waals surface area contributed by atoms with Crippen LogP contribution in [0.3, 0.4) is 0 Å². The van der Waals surface area contributed by atoms with Gasteiger partial charge >= 0.3 is 0 Å². The molecule has 0 saturated heterocycles. The highest BCUT2D eigenvalue weighted by molar-refractivity contribution is 8.03. The predicted octanol–water partition coefficient (Wildman–Crippen LogP) is 6.58. The van der Waals surface area contributed by atoms with E-state index in [-0.39, 0.29) is 0 Å². The molecule has 0 spiro atoms. The Morgan fingerprint density at radius 2 is 2.14 bits per heavy atom. The number of fused-ring (bicyclic) bond motifs is 1. The number of thioether (sulfide) groups is 1. The summed E-state index contributed by atoms with van der Waals surface area (Å²) in [4.78, 5) is 11.2. The van der Waals surface area contributed by atoms with Gasteiger partial charge in [0.2, 0.25) is 5.88 Å². The molecule has 3 rings (SSSR count). The number of ether oxygens (including phenoxy) is 1. The number of imidazole rings is 1. The van der Waals surface area contributed by atoms with Gasteiger partial charge in [0.25, 0.3) is 0 Å². The quantitative estimate of drug-likeness (QED) is 0.324. The summed E-state index contributed by atoms with van der Waals surface area (Å²) in [6, 6.07) is 7.71. The van der Waals surface area contributed by atoms with Gasteiger partial charge in [0, 0.05) is 23.4 Å². The molecule has 3 aromatic rings. The van der Waals surface area contributed by atoms with Gasteiger partial charge in [-0.1, -0.05) is 42.8 Å². The van der Waals surface area contributed by atoms with Gasteiger partial charge in [-0.05, 0) is 55.0 Å². The van der Waals surface area contributed by atoms with Gasteiger partial charge in [0.05, 0.1) is 23.5 Å². The van der Waals surface area contributed by atoms with Gasteiger partial charge in [-0.15, -0.1) is 0 Å². The van der Waals surface area contributed by atoms with Gasteiger partial charge in [0.15, 0.2) is 5.65 Å². The third-order valence-corrected chi connectivity index (χ3v) is 5.47. The molecular formula is C22H24ClN3OS. The average molecular weight is 414 g/mol. The highest BCUT2D eigenvalue weighted by Crippen LogP contribution is 2.32. The molecule has 28 heavy (non-hydrogen) atoms. The Hall–Kier alpha value is -2.24. The molecule has 0 bridgehead atoms. The molecule has 0 N–H and O–H groups in total. The van der Waals surface area contributed by atoms with Gasteiger partial charge in [0.1, 0.15) is 0 Å². The minimum Gasteiger partial charge on any atom is -0.481 e. The maximum absolute atomic E-state index is 6.35. The van der Waals surface area contributed by atoms with Crippen LogP contribution in [0.5, 0.6) is 5.88 Å². The molecule has 4 nitrogen and oxygen atoms in total. The second-order valence-electron chi connectivity index (χ2n) is 6.44. The zero-order valence-corrected chi connectivity index (χ0v) is 18.1. The van der Waals surface area contributed by atoms with E-state index in [1.165, 1.54) is 4.91 Å². The number of hydrogen-bond donors (Lipinski definition) is 0. The molecule has 0 saturated carbocycles. The van der Waals surface area contributed by atoms with Crippen LogP contribution < -0.4 is 4.74 Å². The molecule has 146 valence electrons. The van der Waals surface area contributed by atoms with Crippen molar-refractivity contribution < 1.29 is 4.74 Å². The van der Waals surface area contributed by atoms with Crippen molar-refractivity contribution in [1.29, 1.82) is 0 Å². The Morgan fingerprint density at radius 1 is 1.32 bits per heavy atom. The van der Waals surface area contributed by atoms with E-state index in [0.717, 1.165) is 40.3 Å². The van der Waals surface area contributed by atoms with Crippen LogP contribution in [0.15, 0.2) is 58.6 Å². The van der Waals surface area contributed by atoms with E-state index in [2.05, 4.69) is 40.4 Å². The molecule has 0 radical (unpaired) electrons. The van der Waals surface area contributed by atoms with Crippen LogP contribution in [0.4, 0.5) is 0 Å². The number of allylic oxidation sites excluding steroid dienone is 4. The fraction of sp³-hybridized carbons (Fsp3) is 0.273. The first kappa shape index (κ1) is 20.5. The Balaban J connectivity index is 1.97. The molecule has 6 heteroatoms. The maximum atomic E-state index is 6.35. The first-order valence-corrected chi connectivity index (χ1v) is 10.4. The monoisotopic (exact) mass is 413 g/mol. The number of halogens is 1. The molecule has 3 heterocycles. The predicted molar refractivity (Wildman–Crippen MR) is 118 cm³/mol. The number of methoxy groups -OCH3 is 1. The molecule has 0 aliphatic rings. The fourth-order valence-electron chi connectivity index (χ4n) is 3.00. The van der Waals surface area contributed by atoms with E-state index >= 15 is 0 Å². The van der Waals surface area contributed by atoms with Crippen molar-refractivity contribution >= 4 is 34.6 Å². The topological polar surface area (TPSA) is 39.4 Å². The van der Waals surface area contributed by atoms with Gasteiger partial charge < -0.3 is 4.74 Å². The van der Waals surface area contributed by atoms with Crippen molar-refractivity contribution in [2.24, 2.45) is 0 Å².